The number of ether oxygens (including phenoxy) is 1. The summed E-state index contributed by atoms with van der Waals surface area (Å²) >= 11 is 0. The smallest absolute Gasteiger partial charge is 0.321 e. The topological polar surface area (TPSA) is 123 Å². The second-order valence-electron chi connectivity index (χ2n) is 7.13. The molecule has 3 N–H and O–H groups in total. The van der Waals surface area contributed by atoms with Gasteiger partial charge in [-0.15, -0.1) is 0 Å². The molecule has 2 heterocycles. The number of carbonyl (C=O) groups excluding carboxylic acids is 1. The van der Waals surface area contributed by atoms with Crippen molar-refractivity contribution in [2.24, 2.45) is 0 Å². The zero-order valence-corrected chi connectivity index (χ0v) is 15.6. The predicted molar refractivity (Wildman–Crippen MR) is 102 cm³/mol. The summed E-state index contributed by atoms with van der Waals surface area (Å²) in [6.07, 6.45) is -0.911. The minimum absolute atomic E-state index is 0.00716. The van der Waals surface area contributed by atoms with Crippen molar-refractivity contribution in [3.63, 3.8) is 0 Å². The monoisotopic (exact) mass is 393 g/mol. The Bertz CT molecular complexity index is 1050. The van der Waals surface area contributed by atoms with Gasteiger partial charge in [-0.2, -0.15) is 5.26 Å². The Hall–Kier alpha value is -3.41. The number of fused-ring (bicyclic) bond motifs is 1. The van der Waals surface area contributed by atoms with Crippen molar-refractivity contribution in [1.29, 1.82) is 5.26 Å². The first-order valence-corrected chi connectivity index (χ1v) is 9.10. The molecule has 0 saturated carbocycles. The van der Waals surface area contributed by atoms with Crippen LogP contribution < -0.4 is 10.1 Å². The fourth-order valence-corrected chi connectivity index (χ4v) is 4.43. The van der Waals surface area contributed by atoms with Crippen molar-refractivity contribution in [3.8, 4) is 11.8 Å². The van der Waals surface area contributed by atoms with Gasteiger partial charge in [-0.25, -0.2) is 0 Å². The van der Waals surface area contributed by atoms with Gasteiger partial charge in [-0.1, -0.05) is 18.2 Å². The van der Waals surface area contributed by atoms with Gasteiger partial charge in [-0.05, 0) is 24.3 Å². The molecule has 2 aliphatic rings. The number of nitrogens with one attached hydrogen (secondary N) is 1. The van der Waals surface area contributed by atoms with E-state index < -0.39 is 29.6 Å². The molecule has 148 valence electrons. The van der Waals surface area contributed by atoms with E-state index in [9.17, 15) is 25.1 Å². The third kappa shape index (κ3) is 2.67. The van der Waals surface area contributed by atoms with E-state index in [1.807, 2.05) is 0 Å². The number of carboxylic acids is 1. The molecule has 2 aliphatic heterocycles. The summed E-state index contributed by atoms with van der Waals surface area (Å²) in [5.41, 5.74) is 0.187. The maximum atomic E-state index is 13.5. The fraction of sp³-hybridized carbons (Fsp3) is 0.286. The summed E-state index contributed by atoms with van der Waals surface area (Å²) in [4.78, 5) is 27.0. The van der Waals surface area contributed by atoms with E-state index in [0.717, 1.165) is 0 Å². The molecule has 0 aliphatic carbocycles. The third-order valence-electron chi connectivity index (χ3n) is 5.61. The number of nitriles is 1. The lowest BCUT2D eigenvalue weighted by Crippen LogP contribution is -2.56. The number of methoxy groups -OCH3 is 1. The van der Waals surface area contributed by atoms with Crippen LogP contribution in [-0.2, 0) is 15.1 Å². The summed E-state index contributed by atoms with van der Waals surface area (Å²) in [6.45, 7) is -0.0152. The molecule has 1 saturated heterocycles. The number of nitrogens with zero attached hydrogens (tertiary/aromatic N) is 2. The predicted octanol–water partition coefficient (Wildman–Crippen LogP) is 1.28. The Kier molecular flexibility index (Phi) is 4.49. The van der Waals surface area contributed by atoms with Crippen LogP contribution >= 0.6 is 0 Å². The highest BCUT2D eigenvalue weighted by atomic mass is 16.5. The van der Waals surface area contributed by atoms with Gasteiger partial charge in [0.1, 0.15) is 11.8 Å². The standard InChI is InChI=1S/C21H19N3O5/c1-29-18-5-3-2-4-14(18)21(24-11-13(25)9-17(24)19(26)27)15-8-12(10-22)6-7-16(15)23-20(21)28/h2-8,13,17,25H,9,11H2,1H3,(H,23,28)(H,26,27)/t13-,17+,21?/m1/s1. The number of hydrogen-bond acceptors (Lipinski definition) is 6. The lowest BCUT2D eigenvalue weighted by atomic mass is 9.80. The summed E-state index contributed by atoms with van der Waals surface area (Å²) in [5.74, 6) is -1.18. The normalized spacial score (nSPS) is 25.9. The van der Waals surface area contributed by atoms with Gasteiger partial charge in [0, 0.05) is 29.8 Å². The van der Waals surface area contributed by atoms with Crippen LogP contribution in [0.25, 0.3) is 0 Å². The Balaban J connectivity index is 2.07. The molecule has 0 radical (unpaired) electrons. The molecule has 0 bridgehead atoms. The first-order chi connectivity index (χ1) is 13.9. The van der Waals surface area contributed by atoms with Gasteiger partial charge in [0.05, 0.1) is 24.8 Å². The number of anilines is 1. The first kappa shape index (κ1) is 18.9. The Morgan fingerprint density at radius 1 is 1.31 bits per heavy atom. The van der Waals surface area contributed by atoms with Crippen LogP contribution in [0.3, 0.4) is 0 Å². The number of likely N-dealkylation sites (tertiary alicyclic amines) is 1. The van der Waals surface area contributed by atoms with Crippen LogP contribution in [-0.4, -0.2) is 52.8 Å². The van der Waals surface area contributed by atoms with Crippen molar-refractivity contribution in [2.75, 3.05) is 19.0 Å². The van der Waals surface area contributed by atoms with Gasteiger partial charge in [0.25, 0.3) is 5.91 Å². The summed E-state index contributed by atoms with van der Waals surface area (Å²) in [7, 11) is 1.47. The van der Waals surface area contributed by atoms with Crippen LogP contribution in [0.5, 0.6) is 5.75 Å². The number of hydrogen-bond donors (Lipinski definition) is 3. The van der Waals surface area contributed by atoms with Crippen molar-refractivity contribution in [2.45, 2.75) is 24.1 Å². The molecule has 1 fully saturated rings. The molecule has 1 unspecified atom stereocenters. The average molecular weight is 393 g/mol. The Morgan fingerprint density at radius 3 is 2.76 bits per heavy atom. The molecule has 3 atom stereocenters. The molecular formula is C21H19N3O5. The number of aliphatic carboxylic acids is 1. The van der Waals surface area contributed by atoms with E-state index in [2.05, 4.69) is 11.4 Å². The van der Waals surface area contributed by atoms with Crippen LogP contribution in [0, 0.1) is 11.3 Å². The number of benzene rings is 2. The number of β-amino-alcohol motifs (C(OH)–C–C–N with tert-alkyl or cyclic N) is 1. The van der Waals surface area contributed by atoms with Crippen LogP contribution in [0.4, 0.5) is 5.69 Å². The molecule has 29 heavy (non-hydrogen) atoms. The van der Waals surface area contributed by atoms with E-state index in [1.165, 1.54) is 12.0 Å². The first-order valence-electron chi connectivity index (χ1n) is 9.10. The highest BCUT2D eigenvalue weighted by Gasteiger charge is 2.59. The van der Waals surface area contributed by atoms with E-state index >= 15 is 0 Å². The summed E-state index contributed by atoms with van der Waals surface area (Å²) < 4.78 is 5.50. The minimum Gasteiger partial charge on any atom is -0.496 e. The number of amides is 1. The molecule has 4 rings (SSSR count). The molecule has 0 spiro atoms. The van der Waals surface area contributed by atoms with E-state index in [0.29, 0.717) is 28.1 Å². The lowest BCUT2D eigenvalue weighted by molar-refractivity contribution is -0.145. The lowest BCUT2D eigenvalue weighted by Gasteiger charge is -2.40. The number of aliphatic hydroxyl groups excluding tert-OH is 1. The van der Waals surface area contributed by atoms with E-state index in [1.54, 1.807) is 42.5 Å². The van der Waals surface area contributed by atoms with Crippen LogP contribution in [0.15, 0.2) is 42.5 Å². The maximum absolute atomic E-state index is 13.5. The van der Waals surface area contributed by atoms with E-state index in [-0.39, 0.29) is 13.0 Å². The third-order valence-corrected chi connectivity index (χ3v) is 5.61. The molecule has 2 aromatic rings. The van der Waals surface area contributed by atoms with E-state index in [4.69, 9.17) is 4.74 Å². The maximum Gasteiger partial charge on any atom is 0.321 e. The van der Waals surface area contributed by atoms with Crippen LogP contribution in [0.1, 0.15) is 23.1 Å². The molecule has 8 nitrogen and oxygen atoms in total. The molecular weight excluding hydrogens is 374 g/mol. The van der Waals surface area contributed by atoms with Gasteiger partial charge >= 0.3 is 5.97 Å². The Morgan fingerprint density at radius 2 is 2.07 bits per heavy atom. The number of rotatable bonds is 4. The fourth-order valence-electron chi connectivity index (χ4n) is 4.43. The number of para-hydroxylation sites is 1. The Labute approximate surface area is 166 Å². The zero-order valence-electron chi connectivity index (χ0n) is 15.6. The van der Waals surface area contributed by atoms with Gasteiger partial charge in [-0.3, -0.25) is 14.5 Å². The van der Waals surface area contributed by atoms with Crippen molar-refractivity contribution in [3.05, 3.63) is 59.2 Å². The second-order valence-corrected chi connectivity index (χ2v) is 7.13. The highest BCUT2D eigenvalue weighted by molar-refractivity contribution is 6.09. The number of carbonyl (C=O) groups is 2. The number of carboxylic acid groups (broad SMARTS) is 1. The molecule has 1 amide bonds. The molecule has 2 aromatic carbocycles. The minimum atomic E-state index is -1.56. The SMILES string of the molecule is COc1ccccc1C1(N2C[C@H](O)C[C@H]2C(=O)O)C(=O)Nc2ccc(C#N)cc21. The van der Waals surface area contributed by atoms with Crippen molar-refractivity contribution >= 4 is 17.6 Å². The zero-order chi connectivity index (χ0) is 20.8. The van der Waals surface area contributed by atoms with Crippen molar-refractivity contribution in [1.82, 2.24) is 4.90 Å². The molecule has 8 heteroatoms. The van der Waals surface area contributed by atoms with Crippen molar-refractivity contribution < 1.29 is 24.5 Å². The van der Waals surface area contributed by atoms with Gasteiger partial charge < -0.3 is 20.3 Å². The quantitative estimate of drug-likeness (QED) is 0.715. The highest BCUT2D eigenvalue weighted by Crippen LogP contribution is 2.50. The average Bonchev–Trinajstić information content (AvgIpc) is 3.25. The summed E-state index contributed by atoms with van der Waals surface area (Å²) in [6, 6.07) is 12.7. The number of aliphatic hydroxyl groups is 1. The molecule has 0 aromatic heterocycles. The van der Waals surface area contributed by atoms with Crippen LogP contribution in [0.2, 0.25) is 0 Å². The van der Waals surface area contributed by atoms with Gasteiger partial charge in [0.15, 0.2) is 5.54 Å². The summed E-state index contributed by atoms with van der Waals surface area (Å²) in [5, 5.41) is 32.3. The van der Waals surface area contributed by atoms with Gasteiger partial charge in [0.2, 0.25) is 0 Å². The largest absolute Gasteiger partial charge is 0.496 e. The second kappa shape index (κ2) is 6.88.